The van der Waals surface area contributed by atoms with E-state index >= 15 is 0 Å². The predicted octanol–water partition coefficient (Wildman–Crippen LogP) is 0.999. The second kappa shape index (κ2) is 8.24. The van der Waals surface area contributed by atoms with Crippen LogP contribution in [0.15, 0.2) is 22.7 Å². The van der Waals surface area contributed by atoms with Gasteiger partial charge in [0.05, 0.1) is 0 Å². The van der Waals surface area contributed by atoms with Crippen molar-refractivity contribution in [3.05, 3.63) is 28.5 Å². The molecule has 1 amide bonds. The summed E-state index contributed by atoms with van der Waals surface area (Å²) >= 11 is 3.15. The molecule has 0 spiro atoms. The first-order chi connectivity index (χ1) is 11.2. The third-order valence-electron chi connectivity index (χ3n) is 3.69. The van der Waals surface area contributed by atoms with Crippen molar-refractivity contribution in [2.75, 3.05) is 26.2 Å². The van der Waals surface area contributed by atoms with Crippen molar-refractivity contribution in [2.24, 2.45) is 11.1 Å². The van der Waals surface area contributed by atoms with Gasteiger partial charge in [-0.15, -0.1) is 0 Å². The minimum absolute atomic E-state index is 0.00885. The van der Waals surface area contributed by atoms with E-state index in [0.717, 1.165) is 12.8 Å². The summed E-state index contributed by atoms with van der Waals surface area (Å²) in [7, 11) is -3.74. The highest BCUT2D eigenvalue weighted by Crippen LogP contribution is 2.22. The summed E-state index contributed by atoms with van der Waals surface area (Å²) in [5.41, 5.74) is 0. The van der Waals surface area contributed by atoms with Gasteiger partial charge in [-0.05, 0) is 37.0 Å². The second-order valence-electron chi connectivity index (χ2n) is 5.60. The highest BCUT2D eigenvalue weighted by atomic mass is 79.9. The van der Waals surface area contributed by atoms with E-state index in [9.17, 15) is 17.6 Å². The summed E-state index contributed by atoms with van der Waals surface area (Å²) in [5.74, 6) is -0.815. The molecule has 1 unspecified atom stereocenters. The van der Waals surface area contributed by atoms with Crippen LogP contribution in [0.25, 0.3) is 0 Å². The Hall–Kier alpha value is -1.23. The summed E-state index contributed by atoms with van der Waals surface area (Å²) in [6.07, 6.45) is 1.56. The van der Waals surface area contributed by atoms with Gasteiger partial charge in [0, 0.05) is 24.1 Å². The lowest BCUT2D eigenvalue weighted by Crippen LogP contribution is -2.46. The van der Waals surface area contributed by atoms with Crippen molar-refractivity contribution in [2.45, 2.75) is 12.8 Å². The van der Waals surface area contributed by atoms with Crippen LogP contribution in [0.5, 0.6) is 5.75 Å². The van der Waals surface area contributed by atoms with Crippen LogP contribution in [0.4, 0.5) is 4.39 Å². The Morgan fingerprint density at radius 1 is 1.50 bits per heavy atom. The number of amides is 1. The highest BCUT2D eigenvalue weighted by molar-refractivity contribution is 9.10. The van der Waals surface area contributed by atoms with Gasteiger partial charge in [-0.2, -0.15) is 8.42 Å². The SMILES string of the molecule is NS(=O)(=O)NCC1CCCN(C(=O)COc2ccc(Br)cc2F)C1. The molecule has 3 N–H and O–H groups in total. The first-order valence-corrected chi connectivity index (χ1v) is 9.71. The van der Waals surface area contributed by atoms with Crippen molar-refractivity contribution in [3.8, 4) is 5.75 Å². The van der Waals surface area contributed by atoms with E-state index in [4.69, 9.17) is 9.88 Å². The van der Waals surface area contributed by atoms with Gasteiger partial charge in [-0.3, -0.25) is 4.79 Å². The van der Waals surface area contributed by atoms with Crippen molar-refractivity contribution < 1.29 is 22.3 Å². The molecule has 1 aromatic rings. The lowest BCUT2D eigenvalue weighted by Gasteiger charge is -2.32. The molecular formula is C14H19BrFN3O4S. The zero-order chi connectivity index (χ0) is 17.7. The number of nitrogens with one attached hydrogen (secondary N) is 1. The topological polar surface area (TPSA) is 102 Å². The summed E-state index contributed by atoms with van der Waals surface area (Å²) in [5, 5.41) is 4.91. The number of carbonyl (C=O) groups excluding carboxylic acids is 1. The van der Waals surface area contributed by atoms with Gasteiger partial charge in [-0.1, -0.05) is 15.9 Å². The Morgan fingerprint density at radius 3 is 2.92 bits per heavy atom. The molecule has 2 rings (SSSR count). The summed E-state index contributed by atoms with van der Waals surface area (Å²) in [4.78, 5) is 13.8. The number of hydrogen-bond donors (Lipinski definition) is 2. The summed E-state index contributed by atoms with van der Waals surface area (Å²) in [6.45, 7) is 0.892. The van der Waals surface area contributed by atoms with E-state index in [1.807, 2.05) is 0 Å². The fourth-order valence-electron chi connectivity index (χ4n) is 2.52. The number of likely N-dealkylation sites (tertiary alicyclic amines) is 1. The maximum absolute atomic E-state index is 13.7. The van der Waals surface area contributed by atoms with Crippen LogP contribution >= 0.6 is 15.9 Å². The average molecular weight is 424 g/mol. The molecule has 1 aliphatic rings. The molecule has 7 nitrogen and oxygen atoms in total. The fourth-order valence-corrected chi connectivity index (χ4v) is 3.32. The van der Waals surface area contributed by atoms with Crippen molar-refractivity contribution in [1.29, 1.82) is 0 Å². The molecule has 134 valence electrons. The van der Waals surface area contributed by atoms with Crippen molar-refractivity contribution in [1.82, 2.24) is 9.62 Å². The van der Waals surface area contributed by atoms with Gasteiger partial charge in [0.25, 0.3) is 16.1 Å². The number of ether oxygens (including phenoxy) is 1. The number of piperidine rings is 1. The standard InChI is InChI=1S/C14H19BrFN3O4S/c15-11-3-4-13(12(16)6-11)23-9-14(20)19-5-1-2-10(8-19)7-18-24(17,21)22/h3-4,6,10,18H,1-2,5,7-9H2,(H2,17,21,22). The van der Waals surface area contributed by atoms with Crippen LogP contribution in [-0.4, -0.2) is 45.5 Å². The molecule has 1 heterocycles. The third kappa shape index (κ3) is 6.00. The Kier molecular flexibility index (Phi) is 6.55. The Labute approximate surface area is 148 Å². The largest absolute Gasteiger partial charge is 0.481 e. The van der Waals surface area contributed by atoms with Crippen LogP contribution < -0.4 is 14.6 Å². The summed E-state index contributed by atoms with van der Waals surface area (Å²) < 4.78 is 43.6. The van der Waals surface area contributed by atoms with Crippen LogP contribution in [0.1, 0.15) is 12.8 Å². The molecule has 1 atom stereocenters. The first-order valence-electron chi connectivity index (χ1n) is 7.37. The van der Waals surface area contributed by atoms with E-state index < -0.39 is 16.0 Å². The molecule has 0 saturated carbocycles. The maximum atomic E-state index is 13.7. The number of hydrogen-bond acceptors (Lipinski definition) is 4. The van der Waals surface area contributed by atoms with Gasteiger partial charge in [0.1, 0.15) is 0 Å². The summed E-state index contributed by atoms with van der Waals surface area (Å²) in [6, 6.07) is 4.33. The van der Waals surface area contributed by atoms with Crippen molar-refractivity contribution >= 4 is 32.0 Å². The molecule has 0 aromatic heterocycles. The van der Waals surface area contributed by atoms with E-state index in [-0.39, 0.29) is 30.7 Å². The Balaban J connectivity index is 1.85. The Morgan fingerprint density at radius 2 is 2.25 bits per heavy atom. The average Bonchev–Trinajstić information content (AvgIpc) is 2.51. The van der Waals surface area contributed by atoms with Crippen molar-refractivity contribution in [3.63, 3.8) is 0 Å². The smallest absolute Gasteiger partial charge is 0.274 e. The lowest BCUT2D eigenvalue weighted by atomic mass is 9.98. The van der Waals surface area contributed by atoms with Gasteiger partial charge in [0.2, 0.25) is 0 Å². The van der Waals surface area contributed by atoms with Gasteiger partial charge >= 0.3 is 0 Å². The number of rotatable bonds is 6. The number of carbonyl (C=O) groups is 1. The monoisotopic (exact) mass is 423 g/mol. The van der Waals surface area contributed by atoms with Gasteiger partial charge < -0.3 is 9.64 Å². The molecule has 1 saturated heterocycles. The predicted molar refractivity (Wildman–Crippen MR) is 90.0 cm³/mol. The van der Waals surface area contributed by atoms with Gasteiger partial charge in [-0.25, -0.2) is 14.3 Å². The highest BCUT2D eigenvalue weighted by Gasteiger charge is 2.24. The first kappa shape index (κ1) is 19.1. The molecule has 10 heteroatoms. The minimum atomic E-state index is -3.74. The van der Waals surface area contributed by atoms with Crippen LogP contribution in [-0.2, 0) is 15.0 Å². The van der Waals surface area contributed by atoms with E-state index in [0.29, 0.717) is 17.6 Å². The minimum Gasteiger partial charge on any atom is -0.481 e. The molecule has 0 aliphatic carbocycles. The van der Waals surface area contributed by atoms with Gasteiger partial charge in [0.15, 0.2) is 18.2 Å². The van der Waals surface area contributed by atoms with E-state index in [2.05, 4.69) is 20.7 Å². The van der Waals surface area contributed by atoms with Crippen LogP contribution in [0.3, 0.4) is 0 Å². The Bertz CT molecular complexity index is 701. The maximum Gasteiger partial charge on any atom is 0.274 e. The molecule has 0 bridgehead atoms. The molecule has 0 radical (unpaired) electrons. The fraction of sp³-hybridized carbons (Fsp3) is 0.500. The quantitative estimate of drug-likeness (QED) is 0.712. The number of benzene rings is 1. The molecule has 1 fully saturated rings. The van der Waals surface area contributed by atoms with E-state index in [1.54, 1.807) is 11.0 Å². The zero-order valence-electron chi connectivity index (χ0n) is 12.9. The zero-order valence-corrected chi connectivity index (χ0v) is 15.3. The molecule has 1 aromatic carbocycles. The molecule has 24 heavy (non-hydrogen) atoms. The number of nitrogens with zero attached hydrogens (tertiary/aromatic N) is 1. The van der Waals surface area contributed by atoms with E-state index in [1.165, 1.54) is 12.1 Å². The van der Waals surface area contributed by atoms with Crippen LogP contribution in [0.2, 0.25) is 0 Å². The number of nitrogens with two attached hydrogens (primary N) is 1. The molecular weight excluding hydrogens is 405 g/mol. The van der Waals surface area contributed by atoms with Crippen LogP contribution in [0, 0.1) is 11.7 Å². The molecule has 1 aliphatic heterocycles. The normalized spacial score (nSPS) is 18.5. The third-order valence-corrected chi connectivity index (χ3v) is 4.75. The number of halogens is 2. The second-order valence-corrected chi connectivity index (χ2v) is 7.90. The lowest BCUT2D eigenvalue weighted by molar-refractivity contribution is -0.135.